The quantitative estimate of drug-likeness (QED) is 0.449. The molecule has 9 heteroatoms. The van der Waals surface area contributed by atoms with Gasteiger partial charge in [-0.1, -0.05) is 35.9 Å². The molecule has 1 amide bonds. The molecule has 1 heterocycles. The van der Waals surface area contributed by atoms with Crippen LogP contribution >= 0.6 is 11.6 Å². The number of aromatic hydroxyl groups is 1. The number of carbonyl (C=O) groups is 1. The van der Waals surface area contributed by atoms with Crippen LogP contribution in [-0.2, 0) is 17.4 Å². The Balaban J connectivity index is 1.87. The lowest BCUT2D eigenvalue weighted by atomic mass is 9.96. The van der Waals surface area contributed by atoms with Gasteiger partial charge < -0.3 is 10.4 Å². The van der Waals surface area contributed by atoms with Gasteiger partial charge in [-0.2, -0.15) is 0 Å². The number of fused-ring (bicyclic) bond motifs is 6. The number of hydrogen-bond acceptors (Lipinski definition) is 3. The molecule has 1 atom stereocenters. The molecule has 0 saturated carbocycles. The second-order valence-electron chi connectivity index (χ2n) is 7.00. The minimum atomic E-state index is -2.19. The lowest BCUT2D eigenvalue weighted by Gasteiger charge is -2.14. The summed E-state index contributed by atoms with van der Waals surface area (Å²) in [6.07, 6.45) is 1.12. The lowest BCUT2D eigenvalue weighted by molar-refractivity contribution is 0.0953. The fourth-order valence-electron chi connectivity index (χ4n) is 3.42. The Kier molecular flexibility index (Phi) is 5.93. The number of halogens is 3. The normalized spacial score (nSPS) is 16.4. The van der Waals surface area contributed by atoms with E-state index in [0.29, 0.717) is 24.9 Å². The molecule has 0 fully saturated rings. The van der Waals surface area contributed by atoms with Gasteiger partial charge in [0.15, 0.2) is 16.7 Å². The molecular formula is C22H17ClF2N2O3S. The van der Waals surface area contributed by atoms with Crippen molar-refractivity contribution in [1.29, 1.82) is 0 Å². The first-order valence-corrected chi connectivity index (χ1v) is 10.9. The molecule has 3 aromatic carbocycles. The maximum Gasteiger partial charge on any atom is 0.251 e. The van der Waals surface area contributed by atoms with Crippen molar-refractivity contribution in [3.8, 4) is 16.9 Å². The number of rotatable bonds is 0. The first kappa shape index (κ1) is 21.3. The fraction of sp³-hybridized carbons (Fsp3) is 0.136. The van der Waals surface area contributed by atoms with Crippen LogP contribution in [0.1, 0.15) is 22.3 Å². The highest BCUT2D eigenvalue weighted by Gasteiger charge is 2.21. The van der Waals surface area contributed by atoms with E-state index in [0.717, 1.165) is 11.6 Å². The summed E-state index contributed by atoms with van der Waals surface area (Å²) in [4.78, 5) is 12.3. The molecule has 4 rings (SSSR count). The van der Waals surface area contributed by atoms with Gasteiger partial charge in [0.1, 0.15) is 16.5 Å². The molecule has 3 aromatic rings. The van der Waals surface area contributed by atoms with E-state index in [1.165, 1.54) is 18.2 Å². The Morgan fingerprint density at radius 2 is 1.81 bits per heavy atom. The first-order valence-electron chi connectivity index (χ1n) is 9.41. The van der Waals surface area contributed by atoms with E-state index in [4.69, 9.17) is 11.6 Å². The van der Waals surface area contributed by atoms with Crippen LogP contribution in [0, 0.1) is 11.6 Å². The van der Waals surface area contributed by atoms with Crippen molar-refractivity contribution in [3.63, 3.8) is 0 Å². The zero-order valence-electron chi connectivity index (χ0n) is 16.0. The zero-order valence-corrected chi connectivity index (χ0v) is 17.6. The summed E-state index contributed by atoms with van der Waals surface area (Å²) in [5, 5.41) is 12.8. The van der Waals surface area contributed by atoms with Gasteiger partial charge in [-0.3, -0.25) is 9.52 Å². The molecule has 0 spiro atoms. The average molecular weight is 463 g/mol. The first-order chi connectivity index (χ1) is 14.8. The standard InChI is InChI=1S/C22H17ClF2N2O3S/c23-16-8-13-9-20(21(16)28)31(30)27-19-10-15(17(24)11-18(19)25)14-6-2-1-4-12(14)5-3-7-26-22(13)29/h1-2,4,6,8-11,27-28H,3,5,7H2,(H,26,29). The van der Waals surface area contributed by atoms with E-state index in [1.807, 2.05) is 12.1 Å². The summed E-state index contributed by atoms with van der Waals surface area (Å²) in [5.41, 5.74) is 1.42. The average Bonchev–Trinajstić information content (AvgIpc) is 2.74. The van der Waals surface area contributed by atoms with Gasteiger partial charge in [-0.25, -0.2) is 13.0 Å². The summed E-state index contributed by atoms with van der Waals surface area (Å²) in [5.74, 6) is -2.66. The van der Waals surface area contributed by atoms with E-state index >= 15 is 0 Å². The fourth-order valence-corrected chi connectivity index (χ4v) is 4.68. The van der Waals surface area contributed by atoms with E-state index in [2.05, 4.69) is 10.0 Å². The summed E-state index contributed by atoms with van der Waals surface area (Å²) >= 11 is 6.00. The Hall–Kier alpha value is -2.97. The topological polar surface area (TPSA) is 78.4 Å². The Labute approximate surface area is 184 Å². The molecule has 0 aliphatic carbocycles. The van der Waals surface area contributed by atoms with Crippen molar-refractivity contribution >= 4 is 34.2 Å². The van der Waals surface area contributed by atoms with Crippen LogP contribution in [0.3, 0.4) is 0 Å². The van der Waals surface area contributed by atoms with Crippen molar-refractivity contribution < 1.29 is 22.9 Å². The van der Waals surface area contributed by atoms with Crippen LogP contribution in [0.2, 0.25) is 5.02 Å². The van der Waals surface area contributed by atoms with E-state index in [-0.39, 0.29) is 26.7 Å². The van der Waals surface area contributed by atoms with Crippen molar-refractivity contribution in [2.45, 2.75) is 17.7 Å². The molecule has 5 nitrogen and oxygen atoms in total. The third-order valence-corrected chi connectivity index (χ3v) is 6.37. The number of phenolic OH excluding ortho intramolecular Hbond substituents is 1. The Morgan fingerprint density at radius 3 is 2.61 bits per heavy atom. The van der Waals surface area contributed by atoms with Gasteiger partial charge in [-0.15, -0.1) is 0 Å². The maximum absolute atomic E-state index is 14.7. The largest absolute Gasteiger partial charge is 0.505 e. The zero-order chi connectivity index (χ0) is 22.1. The lowest BCUT2D eigenvalue weighted by Crippen LogP contribution is -2.25. The van der Waals surface area contributed by atoms with Crippen LogP contribution in [0.25, 0.3) is 11.1 Å². The molecule has 3 N–H and O–H groups in total. The summed E-state index contributed by atoms with van der Waals surface area (Å²) in [6, 6.07) is 11.6. The highest BCUT2D eigenvalue weighted by atomic mass is 35.5. The predicted molar refractivity (Wildman–Crippen MR) is 116 cm³/mol. The van der Waals surface area contributed by atoms with Gasteiger partial charge in [0.05, 0.1) is 10.7 Å². The minimum Gasteiger partial charge on any atom is -0.505 e. The van der Waals surface area contributed by atoms with Crippen LogP contribution in [0.4, 0.5) is 14.5 Å². The Bertz CT molecular complexity index is 1220. The van der Waals surface area contributed by atoms with Gasteiger partial charge in [0, 0.05) is 23.7 Å². The summed E-state index contributed by atoms with van der Waals surface area (Å²) < 4.78 is 44.5. The molecule has 1 unspecified atom stereocenters. The van der Waals surface area contributed by atoms with Crippen molar-refractivity contribution in [1.82, 2.24) is 5.32 Å². The SMILES string of the molecule is O=C1NCCCc2ccccc2-c2cc(c(F)cc2F)NS(=O)c2cc1cc(Cl)c2O. The number of benzene rings is 3. The Morgan fingerprint density at radius 1 is 1.03 bits per heavy atom. The molecule has 1 aliphatic rings. The minimum absolute atomic E-state index is 0.100. The summed E-state index contributed by atoms with van der Waals surface area (Å²) in [7, 11) is -2.19. The number of amides is 1. The highest BCUT2D eigenvalue weighted by molar-refractivity contribution is 7.86. The molecule has 1 aliphatic heterocycles. The van der Waals surface area contributed by atoms with Crippen LogP contribution < -0.4 is 10.0 Å². The highest BCUT2D eigenvalue weighted by Crippen LogP contribution is 2.35. The molecule has 0 aromatic heterocycles. The van der Waals surface area contributed by atoms with Gasteiger partial charge >= 0.3 is 0 Å². The van der Waals surface area contributed by atoms with Crippen molar-refractivity contribution in [2.24, 2.45) is 0 Å². The molecule has 0 radical (unpaired) electrons. The third kappa shape index (κ3) is 4.26. The van der Waals surface area contributed by atoms with E-state index < -0.39 is 34.3 Å². The van der Waals surface area contributed by atoms with Crippen LogP contribution in [-0.4, -0.2) is 21.8 Å². The smallest absolute Gasteiger partial charge is 0.251 e. The van der Waals surface area contributed by atoms with Crippen LogP contribution in [0.15, 0.2) is 53.4 Å². The van der Waals surface area contributed by atoms with Gasteiger partial charge in [0.25, 0.3) is 5.91 Å². The van der Waals surface area contributed by atoms with Crippen molar-refractivity contribution in [3.05, 3.63) is 76.3 Å². The molecule has 4 bridgehead atoms. The molecule has 31 heavy (non-hydrogen) atoms. The van der Waals surface area contributed by atoms with Crippen LogP contribution in [0.5, 0.6) is 5.75 Å². The number of hydrogen-bond donors (Lipinski definition) is 3. The van der Waals surface area contributed by atoms with Gasteiger partial charge in [0.2, 0.25) is 0 Å². The second kappa shape index (κ2) is 8.64. The van der Waals surface area contributed by atoms with E-state index in [1.54, 1.807) is 12.1 Å². The van der Waals surface area contributed by atoms with E-state index in [9.17, 15) is 22.9 Å². The maximum atomic E-state index is 14.7. The second-order valence-corrected chi connectivity index (χ2v) is 8.59. The number of carbonyl (C=O) groups excluding carboxylic acids is 1. The molecule has 0 saturated heterocycles. The number of nitrogens with one attached hydrogen (secondary N) is 2. The molecular weight excluding hydrogens is 446 g/mol. The number of aryl methyl sites for hydroxylation is 1. The summed E-state index contributed by atoms with van der Waals surface area (Å²) in [6.45, 7) is 0.333. The number of anilines is 1. The predicted octanol–water partition coefficient (Wildman–Crippen LogP) is 4.80. The monoisotopic (exact) mass is 462 g/mol. The molecule has 160 valence electrons. The third-order valence-electron chi connectivity index (χ3n) is 4.97. The number of phenols is 1. The van der Waals surface area contributed by atoms with Gasteiger partial charge in [-0.05, 0) is 42.2 Å². The van der Waals surface area contributed by atoms with Crippen molar-refractivity contribution in [2.75, 3.05) is 11.3 Å².